The molecule has 0 bridgehead atoms. The fourth-order valence-electron chi connectivity index (χ4n) is 2.34. The minimum Gasteiger partial charge on any atom is -0.385 e. The number of amides is 2. The van der Waals surface area contributed by atoms with Gasteiger partial charge < -0.3 is 20.1 Å². The van der Waals surface area contributed by atoms with Crippen molar-refractivity contribution in [3.8, 4) is 0 Å². The van der Waals surface area contributed by atoms with Gasteiger partial charge in [0, 0.05) is 53.4 Å². The highest BCUT2D eigenvalue weighted by Crippen LogP contribution is 2.08. The number of carbonyl (C=O) groups excluding carboxylic acids is 2. The van der Waals surface area contributed by atoms with E-state index in [0.29, 0.717) is 39.1 Å². The van der Waals surface area contributed by atoms with Crippen LogP contribution in [0.4, 0.5) is 0 Å². The zero-order valence-corrected chi connectivity index (χ0v) is 15.5. The summed E-state index contributed by atoms with van der Waals surface area (Å²) in [5.74, 6) is 0.271. The van der Waals surface area contributed by atoms with Gasteiger partial charge in [0.2, 0.25) is 11.8 Å². The number of hydrogen-bond acceptors (Lipinski definition) is 4. The van der Waals surface area contributed by atoms with E-state index in [1.54, 1.807) is 14.2 Å². The summed E-state index contributed by atoms with van der Waals surface area (Å²) in [7, 11) is 3.33. The summed E-state index contributed by atoms with van der Waals surface area (Å²) in [5.41, 5.74) is 0. The number of hydrogen-bond donors (Lipinski definition) is 2. The molecule has 0 spiro atoms. The Labute approximate surface area is 147 Å². The molecule has 0 aromatic rings. The molecule has 0 aliphatic carbocycles. The average molecular weight is 344 g/mol. The van der Waals surface area contributed by atoms with Crippen LogP contribution >= 0.6 is 0 Å². The molecule has 142 valence electrons. The highest BCUT2D eigenvalue weighted by Gasteiger charge is 2.02. The van der Waals surface area contributed by atoms with Crippen molar-refractivity contribution >= 4 is 11.8 Å². The second kappa shape index (κ2) is 18.2. The van der Waals surface area contributed by atoms with Gasteiger partial charge in [-0.25, -0.2) is 0 Å². The highest BCUT2D eigenvalue weighted by molar-refractivity contribution is 5.76. The summed E-state index contributed by atoms with van der Waals surface area (Å²) in [5, 5.41) is 5.79. The molecule has 0 rings (SSSR count). The van der Waals surface area contributed by atoms with Gasteiger partial charge >= 0.3 is 0 Å². The lowest BCUT2D eigenvalue weighted by molar-refractivity contribution is -0.122. The van der Waals surface area contributed by atoms with Crippen molar-refractivity contribution in [1.29, 1.82) is 0 Å². The van der Waals surface area contributed by atoms with E-state index < -0.39 is 0 Å². The first kappa shape index (κ1) is 22.9. The smallest absolute Gasteiger partial charge is 0.219 e. The van der Waals surface area contributed by atoms with Gasteiger partial charge in [0.15, 0.2) is 0 Å². The molecule has 0 atom stereocenters. The molecule has 0 aliphatic rings. The number of carbonyl (C=O) groups is 2. The van der Waals surface area contributed by atoms with Crippen LogP contribution in [-0.4, -0.2) is 52.3 Å². The van der Waals surface area contributed by atoms with Gasteiger partial charge in [0.1, 0.15) is 0 Å². The van der Waals surface area contributed by atoms with E-state index in [4.69, 9.17) is 9.47 Å². The van der Waals surface area contributed by atoms with Crippen molar-refractivity contribution in [2.24, 2.45) is 0 Å². The van der Waals surface area contributed by atoms with E-state index in [9.17, 15) is 9.59 Å². The molecule has 0 unspecified atom stereocenters. The standard InChI is InChI=1S/C18H36N2O4/c1-23-15-9-13-19-17(21)11-7-5-3-4-6-8-12-18(22)20-14-10-16-24-2/h3-16H2,1-2H3,(H,19,21)(H,20,22). The fraction of sp³-hybridized carbons (Fsp3) is 0.889. The van der Waals surface area contributed by atoms with Crippen molar-refractivity contribution in [3.05, 3.63) is 0 Å². The Morgan fingerprint density at radius 1 is 0.625 bits per heavy atom. The van der Waals surface area contributed by atoms with E-state index in [1.165, 1.54) is 0 Å². The maximum absolute atomic E-state index is 11.5. The molecule has 6 heteroatoms. The van der Waals surface area contributed by atoms with Crippen LogP contribution in [0.2, 0.25) is 0 Å². The minimum absolute atomic E-state index is 0.135. The van der Waals surface area contributed by atoms with E-state index >= 15 is 0 Å². The Bertz CT molecular complexity index is 281. The van der Waals surface area contributed by atoms with Gasteiger partial charge in [-0.2, -0.15) is 0 Å². The molecule has 0 saturated carbocycles. The molecule has 0 saturated heterocycles. The summed E-state index contributed by atoms with van der Waals surface area (Å²) < 4.78 is 9.86. The molecule has 0 aromatic heterocycles. The van der Waals surface area contributed by atoms with Gasteiger partial charge in [-0.15, -0.1) is 0 Å². The van der Waals surface area contributed by atoms with Crippen molar-refractivity contribution in [1.82, 2.24) is 10.6 Å². The van der Waals surface area contributed by atoms with Gasteiger partial charge in [-0.1, -0.05) is 25.7 Å². The fourth-order valence-corrected chi connectivity index (χ4v) is 2.34. The lowest BCUT2D eigenvalue weighted by Gasteiger charge is -2.06. The Morgan fingerprint density at radius 2 is 1.00 bits per heavy atom. The molecule has 0 radical (unpaired) electrons. The first-order valence-corrected chi connectivity index (χ1v) is 9.22. The van der Waals surface area contributed by atoms with Crippen molar-refractivity contribution in [2.45, 2.75) is 64.2 Å². The molecule has 2 N–H and O–H groups in total. The molecule has 0 heterocycles. The van der Waals surface area contributed by atoms with Crippen LogP contribution in [0.3, 0.4) is 0 Å². The third-order valence-corrected chi connectivity index (χ3v) is 3.75. The van der Waals surface area contributed by atoms with Gasteiger partial charge in [0.25, 0.3) is 0 Å². The highest BCUT2D eigenvalue weighted by atomic mass is 16.5. The summed E-state index contributed by atoms with van der Waals surface area (Å²) in [4.78, 5) is 23.1. The SMILES string of the molecule is COCCCNC(=O)CCCCCCCCC(=O)NCCCOC. The summed E-state index contributed by atoms with van der Waals surface area (Å²) in [6, 6.07) is 0. The normalized spacial score (nSPS) is 10.6. The van der Waals surface area contributed by atoms with Gasteiger partial charge in [-0.05, 0) is 25.7 Å². The van der Waals surface area contributed by atoms with Crippen LogP contribution in [0.25, 0.3) is 0 Å². The van der Waals surface area contributed by atoms with Crippen molar-refractivity contribution in [2.75, 3.05) is 40.5 Å². The summed E-state index contributed by atoms with van der Waals surface area (Å²) in [6.45, 7) is 2.76. The largest absolute Gasteiger partial charge is 0.385 e. The summed E-state index contributed by atoms with van der Waals surface area (Å²) >= 11 is 0. The monoisotopic (exact) mass is 344 g/mol. The zero-order chi connectivity index (χ0) is 17.9. The lowest BCUT2D eigenvalue weighted by Crippen LogP contribution is -2.24. The Balaban J connectivity index is 3.24. The first-order chi connectivity index (χ1) is 11.7. The quantitative estimate of drug-likeness (QED) is 0.397. The van der Waals surface area contributed by atoms with Crippen LogP contribution in [0.1, 0.15) is 64.2 Å². The van der Waals surface area contributed by atoms with E-state index in [1.807, 2.05) is 0 Å². The van der Waals surface area contributed by atoms with Crippen LogP contribution in [-0.2, 0) is 19.1 Å². The van der Waals surface area contributed by atoms with Crippen LogP contribution in [0, 0.1) is 0 Å². The molecule has 6 nitrogen and oxygen atoms in total. The van der Waals surface area contributed by atoms with E-state index in [2.05, 4.69) is 10.6 Å². The number of rotatable bonds is 17. The van der Waals surface area contributed by atoms with Crippen LogP contribution in [0.15, 0.2) is 0 Å². The maximum Gasteiger partial charge on any atom is 0.219 e. The van der Waals surface area contributed by atoms with Gasteiger partial charge in [0.05, 0.1) is 0 Å². The molecule has 0 aliphatic heterocycles. The van der Waals surface area contributed by atoms with Crippen molar-refractivity contribution in [3.63, 3.8) is 0 Å². The molecule has 0 fully saturated rings. The van der Waals surface area contributed by atoms with E-state index in [0.717, 1.165) is 51.4 Å². The average Bonchev–Trinajstić information content (AvgIpc) is 2.58. The maximum atomic E-state index is 11.5. The molecule has 0 aromatic carbocycles. The predicted molar refractivity (Wildman–Crippen MR) is 95.9 cm³/mol. The van der Waals surface area contributed by atoms with E-state index in [-0.39, 0.29) is 11.8 Å². The summed E-state index contributed by atoms with van der Waals surface area (Å²) in [6.07, 6.45) is 9.24. The third-order valence-electron chi connectivity index (χ3n) is 3.75. The van der Waals surface area contributed by atoms with Crippen LogP contribution in [0.5, 0.6) is 0 Å². The Hall–Kier alpha value is -1.14. The third kappa shape index (κ3) is 17.2. The zero-order valence-electron chi connectivity index (χ0n) is 15.5. The number of unbranched alkanes of at least 4 members (excludes halogenated alkanes) is 5. The second-order valence-corrected chi connectivity index (χ2v) is 6.01. The molecular weight excluding hydrogens is 308 g/mol. The minimum atomic E-state index is 0.135. The molecule has 2 amide bonds. The number of methoxy groups -OCH3 is 2. The molecule has 24 heavy (non-hydrogen) atoms. The number of nitrogens with one attached hydrogen (secondary N) is 2. The first-order valence-electron chi connectivity index (χ1n) is 9.22. The Morgan fingerprint density at radius 3 is 1.38 bits per heavy atom. The Kier molecular flexibility index (Phi) is 17.3. The van der Waals surface area contributed by atoms with Gasteiger partial charge in [-0.3, -0.25) is 9.59 Å². The topological polar surface area (TPSA) is 76.7 Å². The lowest BCUT2D eigenvalue weighted by atomic mass is 10.1. The molecular formula is C18H36N2O4. The van der Waals surface area contributed by atoms with Crippen molar-refractivity contribution < 1.29 is 19.1 Å². The predicted octanol–water partition coefficient (Wildman–Crippen LogP) is 2.41. The number of ether oxygens (including phenoxy) is 2. The van der Waals surface area contributed by atoms with Crippen LogP contribution < -0.4 is 10.6 Å². The second-order valence-electron chi connectivity index (χ2n) is 6.01.